The van der Waals surface area contributed by atoms with Gasteiger partial charge in [0.15, 0.2) is 5.25 Å². The largest absolute Gasteiger partial charge is 0.480 e. The van der Waals surface area contributed by atoms with Gasteiger partial charge in [-0.2, -0.15) is 0 Å². The van der Waals surface area contributed by atoms with Crippen LogP contribution in [0.3, 0.4) is 0 Å². The van der Waals surface area contributed by atoms with Gasteiger partial charge in [0, 0.05) is 12.6 Å². The molecular weight excluding hydrogens is 284 g/mol. The third-order valence-electron chi connectivity index (χ3n) is 2.79. The SMILES string of the molecule is CNC(=O)c1ccc(C)c(NS(=O)(=O)C(C)C(=O)O)c1. The van der Waals surface area contributed by atoms with Crippen molar-refractivity contribution in [2.45, 2.75) is 19.1 Å². The Morgan fingerprint density at radius 2 is 1.90 bits per heavy atom. The smallest absolute Gasteiger partial charge is 0.323 e. The van der Waals surface area contributed by atoms with E-state index in [1.54, 1.807) is 19.1 Å². The first-order chi connectivity index (χ1) is 9.19. The summed E-state index contributed by atoms with van der Waals surface area (Å²) in [7, 11) is -2.61. The zero-order chi connectivity index (χ0) is 15.5. The van der Waals surface area contributed by atoms with Crippen LogP contribution in [-0.2, 0) is 14.8 Å². The van der Waals surface area contributed by atoms with Gasteiger partial charge in [-0.1, -0.05) is 6.07 Å². The van der Waals surface area contributed by atoms with E-state index in [4.69, 9.17) is 5.11 Å². The number of carbonyl (C=O) groups is 2. The Balaban J connectivity index is 3.15. The van der Waals surface area contributed by atoms with Crippen LogP contribution in [0.1, 0.15) is 22.8 Å². The van der Waals surface area contributed by atoms with Gasteiger partial charge in [0.2, 0.25) is 10.0 Å². The summed E-state index contributed by atoms with van der Waals surface area (Å²) in [6.45, 7) is 2.72. The van der Waals surface area contributed by atoms with Crippen LogP contribution in [0.2, 0.25) is 0 Å². The lowest BCUT2D eigenvalue weighted by Crippen LogP contribution is -2.32. The van der Waals surface area contributed by atoms with Crippen molar-refractivity contribution in [3.05, 3.63) is 29.3 Å². The van der Waals surface area contributed by atoms with E-state index in [2.05, 4.69) is 10.0 Å². The van der Waals surface area contributed by atoms with Gasteiger partial charge >= 0.3 is 5.97 Å². The minimum Gasteiger partial charge on any atom is -0.480 e. The molecule has 3 N–H and O–H groups in total. The first kappa shape index (κ1) is 16.0. The van der Waals surface area contributed by atoms with Crippen molar-refractivity contribution in [3.63, 3.8) is 0 Å². The fraction of sp³-hybridized carbons (Fsp3) is 0.333. The third kappa shape index (κ3) is 3.47. The number of carbonyl (C=O) groups excluding carboxylic acids is 1. The summed E-state index contributed by atoms with van der Waals surface area (Å²) in [5.41, 5.74) is 1.04. The lowest BCUT2D eigenvalue weighted by atomic mass is 10.1. The Hall–Kier alpha value is -2.09. The van der Waals surface area contributed by atoms with Gasteiger partial charge in [-0.15, -0.1) is 0 Å². The molecule has 0 aliphatic heterocycles. The van der Waals surface area contributed by atoms with Crippen LogP contribution in [0.25, 0.3) is 0 Å². The molecule has 0 radical (unpaired) electrons. The number of sulfonamides is 1. The topological polar surface area (TPSA) is 113 Å². The van der Waals surface area contributed by atoms with Crippen LogP contribution >= 0.6 is 0 Å². The molecule has 1 unspecified atom stereocenters. The van der Waals surface area contributed by atoms with E-state index in [1.165, 1.54) is 13.1 Å². The lowest BCUT2D eigenvalue weighted by molar-refractivity contribution is -0.136. The van der Waals surface area contributed by atoms with Crippen LogP contribution in [0.5, 0.6) is 0 Å². The Bertz CT molecular complexity index is 639. The van der Waals surface area contributed by atoms with Crippen molar-refractivity contribution in [2.75, 3.05) is 11.8 Å². The summed E-state index contributed by atoms with van der Waals surface area (Å²) in [5.74, 6) is -1.81. The highest BCUT2D eigenvalue weighted by Gasteiger charge is 2.28. The Labute approximate surface area is 117 Å². The van der Waals surface area contributed by atoms with Gasteiger partial charge in [-0.25, -0.2) is 8.42 Å². The second-order valence-electron chi connectivity index (χ2n) is 4.24. The summed E-state index contributed by atoms with van der Waals surface area (Å²) in [6, 6.07) is 4.49. The van der Waals surface area contributed by atoms with E-state index >= 15 is 0 Å². The van der Waals surface area contributed by atoms with Crippen molar-refractivity contribution < 1.29 is 23.1 Å². The number of hydrogen-bond acceptors (Lipinski definition) is 4. The van der Waals surface area contributed by atoms with E-state index in [0.29, 0.717) is 5.56 Å². The monoisotopic (exact) mass is 300 g/mol. The van der Waals surface area contributed by atoms with Crippen molar-refractivity contribution in [1.29, 1.82) is 0 Å². The first-order valence-electron chi connectivity index (χ1n) is 5.76. The van der Waals surface area contributed by atoms with Crippen molar-refractivity contribution in [2.24, 2.45) is 0 Å². The highest BCUT2D eigenvalue weighted by Crippen LogP contribution is 2.19. The fourth-order valence-electron chi connectivity index (χ4n) is 1.39. The molecule has 0 heterocycles. The third-order valence-corrected chi connectivity index (χ3v) is 4.43. The van der Waals surface area contributed by atoms with E-state index in [0.717, 1.165) is 6.92 Å². The number of rotatable bonds is 5. The fourth-order valence-corrected chi connectivity index (χ4v) is 2.36. The van der Waals surface area contributed by atoms with Crippen LogP contribution in [-0.4, -0.2) is 37.7 Å². The number of carboxylic acids is 1. The molecule has 1 aromatic carbocycles. The van der Waals surface area contributed by atoms with Gasteiger partial charge in [0.05, 0.1) is 5.69 Å². The molecule has 8 heteroatoms. The lowest BCUT2D eigenvalue weighted by Gasteiger charge is -2.14. The number of nitrogens with one attached hydrogen (secondary N) is 2. The molecule has 1 aromatic rings. The van der Waals surface area contributed by atoms with Crippen LogP contribution in [0.15, 0.2) is 18.2 Å². The van der Waals surface area contributed by atoms with Gasteiger partial charge in [0.25, 0.3) is 5.91 Å². The Morgan fingerprint density at radius 1 is 1.30 bits per heavy atom. The molecule has 7 nitrogen and oxygen atoms in total. The summed E-state index contributed by atoms with van der Waals surface area (Å²) in [6.07, 6.45) is 0. The van der Waals surface area contributed by atoms with Gasteiger partial charge in [-0.05, 0) is 31.5 Å². The van der Waals surface area contributed by atoms with Crippen LogP contribution in [0.4, 0.5) is 5.69 Å². The normalized spacial score (nSPS) is 12.6. The van der Waals surface area contributed by atoms with E-state index in [9.17, 15) is 18.0 Å². The molecular formula is C12H16N2O5S. The quantitative estimate of drug-likeness (QED) is 0.736. The number of carboxylic acid groups (broad SMARTS) is 1. The van der Waals surface area contributed by atoms with Gasteiger partial charge in [-0.3, -0.25) is 14.3 Å². The van der Waals surface area contributed by atoms with Gasteiger partial charge < -0.3 is 10.4 Å². The Morgan fingerprint density at radius 3 is 2.40 bits per heavy atom. The van der Waals surface area contributed by atoms with Crippen molar-refractivity contribution in [1.82, 2.24) is 5.32 Å². The number of hydrogen-bond donors (Lipinski definition) is 3. The molecule has 0 aliphatic carbocycles. The predicted octanol–water partition coefficient (Wildman–Crippen LogP) is 0.569. The first-order valence-corrected chi connectivity index (χ1v) is 7.31. The zero-order valence-electron chi connectivity index (χ0n) is 11.3. The van der Waals surface area contributed by atoms with Crippen molar-refractivity contribution in [3.8, 4) is 0 Å². The maximum Gasteiger partial charge on any atom is 0.323 e. The maximum absolute atomic E-state index is 11.9. The summed E-state index contributed by atoms with van der Waals surface area (Å²) >= 11 is 0. The molecule has 0 saturated heterocycles. The number of anilines is 1. The standard InChI is InChI=1S/C12H16N2O5S/c1-7-4-5-9(11(15)13-3)6-10(7)14-20(18,19)8(2)12(16)17/h4-6,8,14H,1-3H3,(H,13,15)(H,16,17). The molecule has 0 spiro atoms. The minimum atomic E-state index is -4.07. The number of benzene rings is 1. The molecule has 1 atom stereocenters. The Kier molecular flexibility index (Phi) is 4.72. The van der Waals surface area contributed by atoms with Crippen LogP contribution in [0, 0.1) is 6.92 Å². The number of amides is 1. The second kappa shape index (κ2) is 5.91. The minimum absolute atomic E-state index is 0.180. The summed E-state index contributed by atoms with van der Waals surface area (Å²) < 4.78 is 25.9. The highest BCUT2D eigenvalue weighted by atomic mass is 32.2. The van der Waals surface area contributed by atoms with Crippen LogP contribution < -0.4 is 10.0 Å². The molecule has 0 fully saturated rings. The molecule has 20 heavy (non-hydrogen) atoms. The molecule has 0 aromatic heterocycles. The molecule has 0 bridgehead atoms. The average Bonchev–Trinajstić information content (AvgIpc) is 2.39. The van der Waals surface area contributed by atoms with E-state index in [1.807, 2.05) is 0 Å². The molecule has 0 saturated carbocycles. The molecule has 110 valence electrons. The number of aryl methyl sites for hydroxylation is 1. The molecule has 1 amide bonds. The van der Waals surface area contributed by atoms with Gasteiger partial charge in [0.1, 0.15) is 0 Å². The maximum atomic E-state index is 11.9. The average molecular weight is 300 g/mol. The van der Waals surface area contributed by atoms with E-state index < -0.39 is 21.2 Å². The molecule has 0 aliphatic rings. The predicted molar refractivity (Wildman–Crippen MR) is 74.2 cm³/mol. The van der Waals surface area contributed by atoms with Crippen molar-refractivity contribution >= 4 is 27.6 Å². The highest BCUT2D eigenvalue weighted by molar-refractivity contribution is 7.94. The molecule has 1 rings (SSSR count). The van der Waals surface area contributed by atoms with E-state index in [-0.39, 0.29) is 17.2 Å². The second-order valence-corrected chi connectivity index (χ2v) is 6.24. The zero-order valence-corrected chi connectivity index (χ0v) is 12.1. The summed E-state index contributed by atoms with van der Waals surface area (Å²) in [5, 5.41) is 9.59. The summed E-state index contributed by atoms with van der Waals surface area (Å²) in [4.78, 5) is 22.3. The number of aliphatic carboxylic acids is 1.